The predicted octanol–water partition coefficient (Wildman–Crippen LogP) is 3.23. The van der Waals surface area contributed by atoms with Crippen LogP contribution in [0, 0.1) is 17.8 Å². The average molecular weight is 160 g/mol. The molecule has 0 amide bonds. The van der Waals surface area contributed by atoms with Gasteiger partial charge in [-0.25, -0.2) is 0 Å². The van der Waals surface area contributed by atoms with Crippen molar-refractivity contribution < 1.29 is 0 Å². The summed E-state index contributed by atoms with van der Waals surface area (Å²) in [7, 11) is 0. The molecule has 0 heterocycles. The van der Waals surface area contributed by atoms with Gasteiger partial charge in [-0.3, -0.25) is 0 Å². The third kappa shape index (κ3) is 2.96. The molecule has 62 valence electrons. The van der Waals surface area contributed by atoms with Gasteiger partial charge in [0.1, 0.15) is 0 Å². The highest BCUT2D eigenvalue weighted by Gasteiger charge is 2.18. The zero-order valence-corrected chi connectivity index (χ0v) is 8.65. The fourth-order valence-electron chi connectivity index (χ4n) is 1.05. The molecule has 0 aromatic heterocycles. The minimum Gasteiger partial charge on any atom is -0.176 e. The maximum atomic E-state index is 4.43. The van der Waals surface area contributed by atoms with E-state index in [1.54, 1.807) is 0 Å². The molecular weight excluding hydrogens is 140 g/mol. The number of hydrogen-bond donors (Lipinski definition) is 1. The van der Waals surface area contributed by atoms with Gasteiger partial charge in [-0.05, 0) is 17.8 Å². The van der Waals surface area contributed by atoms with Gasteiger partial charge in [0.25, 0.3) is 0 Å². The van der Waals surface area contributed by atoms with Gasteiger partial charge in [0, 0.05) is 5.25 Å². The Balaban J connectivity index is 3.81. The van der Waals surface area contributed by atoms with Gasteiger partial charge in [-0.15, -0.1) is 0 Å². The molecule has 1 heteroatoms. The molecule has 10 heavy (non-hydrogen) atoms. The monoisotopic (exact) mass is 160 g/mol. The molecule has 0 saturated heterocycles. The molecule has 0 radical (unpaired) electrons. The van der Waals surface area contributed by atoms with E-state index < -0.39 is 0 Å². The van der Waals surface area contributed by atoms with Crippen LogP contribution in [0.15, 0.2) is 0 Å². The summed E-state index contributed by atoms with van der Waals surface area (Å²) in [4.78, 5) is 0. The van der Waals surface area contributed by atoms with E-state index in [1.165, 1.54) is 0 Å². The molecular formula is C9H20S. The molecule has 0 aliphatic heterocycles. The Bertz CT molecular complexity index is 74.7. The van der Waals surface area contributed by atoms with Gasteiger partial charge in [0.2, 0.25) is 0 Å². The van der Waals surface area contributed by atoms with Crippen LogP contribution in [0.4, 0.5) is 0 Å². The van der Waals surface area contributed by atoms with Crippen LogP contribution in [-0.2, 0) is 0 Å². The summed E-state index contributed by atoms with van der Waals surface area (Å²) in [6.45, 7) is 11.3. The molecule has 0 bridgehead atoms. The summed E-state index contributed by atoms with van der Waals surface area (Å²) in [5.41, 5.74) is 0. The minimum absolute atomic E-state index is 0.525. The van der Waals surface area contributed by atoms with E-state index in [0.717, 1.165) is 17.8 Å². The van der Waals surface area contributed by atoms with Gasteiger partial charge < -0.3 is 0 Å². The SMILES string of the molecule is CC(C)C(C)C(C)C(C)S. The van der Waals surface area contributed by atoms with Gasteiger partial charge in [0.15, 0.2) is 0 Å². The summed E-state index contributed by atoms with van der Waals surface area (Å²) in [6, 6.07) is 0. The second-order valence-electron chi connectivity index (χ2n) is 3.70. The molecule has 0 N–H and O–H groups in total. The predicted molar refractivity (Wildman–Crippen MR) is 51.6 cm³/mol. The van der Waals surface area contributed by atoms with E-state index in [1.807, 2.05) is 0 Å². The first-order valence-corrected chi connectivity index (χ1v) is 4.66. The second kappa shape index (κ2) is 4.27. The molecule has 3 unspecified atom stereocenters. The molecule has 0 spiro atoms. The highest BCUT2D eigenvalue weighted by molar-refractivity contribution is 7.80. The van der Waals surface area contributed by atoms with Gasteiger partial charge in [-0.1, -0.05) is 34.6 Å². The quantitative estimate of drug-likeness (QED) is 0.602. The molecule has 0 saturated carbocycles. The Labute approximate surface area is 70.8 Å². The fraction of sp³-hybridized carbons (Fsp3) is 1.00. The standard InChI is InChI=1S/C9H20S/c1-6(2)7(3)8(4)9(5)10/h6-10H,1-5H3. The maximum absolute atomic E-state index is 4.43. The fourth-order valence-corrected chi connectivity index (χ4v) is 1.32. The molecule has 0 aromatic rings. The van der Waals surface area contributed by atoms with Crippen molar-refractivity contribution in [3.05, 3.63) is 0 Å². The van der Waals surface area contributed by atoms with Crippen LogP contribution < -0.4 is 0 Å². The lowest BCUT2D eigenvalue weighted by molar-refractivity contribution is 0.296. The third-order valence-electron chi connectivity index (χ3n) is 2.64. The van der Waals surface area contributed by atoms with E-state index in [9.17, 15) is 0 Å². The van der Waals surface area contributed by atoms with Crippen molar-refractivity contribution in [2.75, 3.05) is 0 Å². The highest BCUT2D eigenvalue weighted by atomic mass is 32.1. The van der Waals surface area contributed by atoms with E-state index in [0.29, 0.717) is 5.25 Å². The number of rotatable bonds is 3. The molecule has 0 aromatic carbocycles. The summed E-state index contributed by atoms with van der Waals surface area (Å²) in [5, 5.41) is 0.525. The Hall–Kier alpha value is 0.350. The maximum Gasteiger partial charge on any atom is 0.00167 e. The summed E-state index contributed by atoms with van der Waals surface area (Å²) >= 11 is 4.43. The third-order valence-corrected chi connectivity index (χ3v) is 3.11. The van der Waals surface area contributed by atoms with Gasteiger partial charge in [0.05, 0.1) is 0 Å². The van der Waals surface area contributed by atoms with Crippen LogP contribution >= 0.6 is 12.6 Å². The Morgan fingerprint density at radius 3 is 1.30 bits per heavy atom. The van der Waals surface area contributed by atoms with Crippen molar-refractivity contribution in [1.82, 2.24) is 0 Å². The summed E-state index contributed by atoms with van der Waals surface area (Å²) < 4.78 is 0. The lowest BCUT2D eigenvalue weighted by atomic mass is 9.84. The lowest BCUT2D eigenvalue weighted by Crippen LogP contribution is -2.20. The van der Waals surface area contributed by atoms with Crippen LogP contribution in [-0.4, -0.2) is 5.25 Å². The summed E-state index contributed by atoms with van der Waals surface area (Å²) in [5.74, 6) is 2.29. The van der Waals surface area contributed by atoms with Crippen molar-refractivity contribution in [3.63, 3.8) is 0 Å². The lowest BCUT2D eigenvalue weighted by Gasteiger charge is -2.25. The van der Waals surface area contributed by atoms with Crippen molar-refractivity contribution in [2.24, 2.45) is 17.8 Å². The second-order valence-corrected chi connectivity index (χ2v) is 4.52. The van der Waals surface area contributed by atoms with E-state index in [2.05, 4.69) is 47.2 Å². The van der Waals surface area contributed by atoms with Gasteiger partial charge >= 0.3 is 0 Å². The van der Waals surface area contributed by atoms with Crippen LogP contribution in [0.5, 0.6) is 0 Å². The molecule has 0 nitrogen and oxygen atoms in total. The van der Waals surface area contributed by atoms with Crippen molar-refractivity contribution in [1.29, 1.82) is 0 Å². The zero-order valence-electron chi connectivity index (χ0n) is 7.76. The first-order chi connectivity index (χ1) is 4.46. The molecule has 3 atom stereocenters. The highest BCUT2D eigenvalue weighted by Crippen LogP contribution is 2.25. The minimum atomic E-state index is 0.525. The van der Waals surface area contributed by atoms with Crippen LogP contribution in [0.3, 0.4) is 0 Å². The molecule has 0 aliphatic rings. The van der Waals surface area contributed by atoms with Crippen LogP contribution in [0.25, 0.3) is 0 Å². The van der Waals surface area contributed by atoms with E-state index in [4.69, 9.17) is 0 Å². The zero-order chi connectivity index (χ0) is 8.31. The Morgan fingerprint density at radius 1 is 0.800 bits per heavy atom. The van der Waals surface area contributed by atoms with Crippen molar-refractivity contribution in [2.45, 2.75) is 39.9 Å². The topological polar surface area (TPSA) is 0 Å². The Morgan fingerprint density at radius 2 is 1.20 bits per heavy atom. The first kappa shape index (κ1) is 10.3. The molecule has 0 rings (SSSR count). The normalized spacial score (nSPS) is 20.7. The van der Waals surface area contributed by atoms with Crippen LogP contribution in [0.1, 0.15) is 34.6 Å². The van der Waals surface area contributed by atoms with Crippen LogP contribution in [0.2, 0.25) is 0 Å². The average Bonchev–Trinajstić information content (AvgIpc) is 1.84. The number of hydrogen-bond acceptors (Lipinski definition) is 1. The smallest absolute Gasteiger partial charge is 0.00167 e. The Kier molecular flexibility index (Phi) is 4.42. The largest absolute Gasteiger partial charge is 0.176 e. The van der Waals surface area contributed by atoms with E-state index >= 15 is 0 Å². The number of thiol groups is 1. The van der Waals surface area contributed by atoms with E-state index in [-0.39, 0.29) is 0 Å². The van der Waals surface area contributed by atoms with Crippen molar-refractivity contribution in [3.8, 4) is 0 Å². The molecule has 0 aliphatic carbocycles. The summed E-state index contributed by atoms with van der Waals surface area (Å²) in [6.07, 6.45) is 0. The van der Waals surface area contributed by atoms with Crippen molar-refractivity contribution >= 4 is 12.6 Å². The first-order valence-electron chi connectivity index (χ1n) is 4.14. The molecule has 0 fully saturated rings. The van der Waals surface area contributed by atoms with Gasteiger partial charge in [-0.2, -0.15) is 12.6 Å².